The van der Waals surface area contributed by atoms with Gasteiger partial charge in [-0.15, -0.1) is 5.73 Å². The molecule has 0 aromatic carbocycles. The Morgan fingerprint density at radius 3 is 2.75 bits per heavy atom. The van der Waals surface area contributed by atoms with Crippen molar-refractivity contribution in [1.82, 2.24) is 0 Å². The Hall–Kier alpha value is -1.92. The Morgan fingerprint density at radius 1 is 1.00 bits per heavy atom. The van der Waals surface area contributed by atoms with E-state index in [1.165, 1.54) is 0 Å². The monoisotopic (exact) mass is 214 g/mol. The molecular weight excluding hydrogens is 196 g/mol. The largest absolute Gasteiger partial charge is 0.269 e. The van der Waals surface area contributed by atoms with Crippen molar-refractivity contribution in [3.05, 3.63) is 54.6 Å². The van der Waals surface area contributed by atoms with Crippen molar-refractivity contribution in [3.63, 3.8) is 0 Å². The van der Waals surface area contributed by atoms with Gasteiger partial charge in [0.15, 0.2) is 0 Å². The molecule has 2 heterocycles. The highest BCUT2D eigenvalue weighted by atomic mass is 14.7. The van der Waals surface area contributed by atoms with E-state index < -0.39 is 0 Å². The predicted octanol–water partition coefficient (Wildman–Crippen LogP) is 3.85. The lowest BCUT2D eigenvalue weighted by atomic mass is 10.4. The third-order valence-electron chi connectivity index (χ3n) is 1.39. The summed E-state index contributed by atoms with van der Waals surface area (Å²) in [7, 11) is 0. The maximum atomic E-state index is 3.90. The molecule has 2 nitrogen and oxygen atoms in total. The van der Waals surface area contributed by atoms with Crippen LogP contribution in [0.2, 0.25) is 0 Å². The quantitative estimate of drug-likeness (QED) is 0.547. The van der Waals surface area contributed by atoms with E-state index in [-0.39, 0.29) is 0 Å². The molecule has 2 aliphatic rings. The molecule has 0 unspecified atom stereocenters. The lowest BCUT2D eigenvalue weighted by Gasteiger charge is -1.68. The molecule has 0 spiro atoms. The lowest BCUT2D eigenvalue weighted by molar-refractivity contribution is 1.50. The summed E-state index contributed by atoms with van der Waals surface area (Å²) in [5.41, 5.74) is 2.81. The summed E-state index contributed by atoms with van der Waals surface area (Å²) in [5.74, 6) is 0. The minimum atomic E-state index is 0.965. The standard InChI is InChI=1S/C6H7N.C6H5N.C2H6/c2*1-2-4-6-7-5-3-1;1-2/h1-3,5-6H,4H2;1-3,5-6H;1-2H3. The molecule has 2 heteroatoms. The van der Waals surface area contributed by atoms with E-state index in [0.717, 1.165) is 6.42 Å². The first-order valence-corrected chi connectivity index (χ1v) is 5.43. The van der Waals surface area contributed by atoms with Gasteiger partial charge in [-0.25, -0.2) is 0 Å². The normalized spacial score (nSPS) is 14.4. The van der Waals surface area contributed by atoms with Gasteiger partial charge in [0.2, 0.25) is 0 Å². The van der Waals surface area contributed by atoms with E-state index >= 15 is 0 Å². The number of allylic oxidation sites excluding steroid dienone is 6. The number of hydrogen-bond donors (Lipinski definition) is 0. The molecule has 0 aliphatic carbocycles. The number of aliphatic imine (C=N–C) groups is 2. The molecule has 0 saturated heterocycles. The highest BCUT2D eigenvalue weighted by Crippen LogP contribution is 1.86. The molecule has 0 aromatic rings. The van der Waals surface area contributed by atoms with E-state index in [1.54, 1.807) is 18.6 Å². The fourth-order valence-electron chi connectivity index (χ4n) is 0.779. The van der Waals surface area contributed by atoms with E-state index in [0.29, 0.717) is 0 Å². The maximum Gasteiger partial charge on any atom is 0.0686 e. The Balaban J connectivity index is 0.000000244. The second-order valence-corrected chi connectivity index (χ2v) is 2.48. The van der Waals surface area contributed by atoms with E-state index in [2.05, 4.69) is 21.8 Å². The molecule has 0 N–H and O–H groups in total. The van der Waals surface area contributed by atoms with Crippen LogP contribution in [-0.2, 0) is 0 Å². The van der Waals surface area contributed by atoms with Crippen LogP contribution in [0.1, 0.15) is 20.3 Å². The summed E-state index contributed by atoms with van der Waals surface area (Å²) in [6, 6.07) is 0. The highest BCUT2D eigenvalue weighted by molar-refractivity contribution is 5.72. The van der Waals surface area contributed by atoms with Crippen LogP contribution in [0, 0.1) is 0 Å². The van der Waals surface area contributed by atoms with Crippen molar-refractivity contribution >= 4 is 12.4 Å². The zero-order valence-corrected chi connectivity index (χ0v) is 9.88. The molecular formula is C14H18N2. The minimum absolute atomic E-state index is 0.965. The fourth-order valence-corrected chi connectivity index (χ4v) is 0.779. The van der Waals surface area contributed by atoms with Gasteiger partial charge in [-0.05, 0) is 18.2 Å². The third-order valence-corrected chi connectivity index (χ3v) is 1.39. The van der Waals surface area contributed by atoms with Crippen LogP contribution in [0.5, 0.6) is 0 Å². The zero-order chi connectivity index (χ0) is 11.9. The summed E-state index contributed by atoms with van der Waals surface area (Å²) < 4.78 is 0. The first kappa shape index (κ1) is 14.1. The minimum Gasteiger partial charge on any atom is -0.269 e. The van der Waals surface area contributed by atoms with Crippen LogP contribution in [0.3, 0.4) is 0 Å². The van der Waals surface area contributed by atoms with Crippen LogP contribution < -0.4 is 0 Å². The molecule has 0 fully saturated rings. The van der Waals surface area contributed by atoms with E-state index in [1.807, 2.05) is 50.4 Å². The summed E-state index contributed by atoms with van der Waals surface area (Å²) >= 11 is 0. The molecule has 0 atom stereocenters. The highest BCUT2D eigenvalue weighted by Gasteiger charge is 1.71. The Kier molecular flexibility index (Phi) is 11.5. The summed E-state index contributed by atoms with van der Waals surface area (Å²) in [6.07, 6.45) is 19.5. The first-order valence-electron chi connectivity index (χ1n) is 5.43. The first-order chi connectivity index (χ1) is 8.00. The van der Waals surface area contributed by atoms with Gasteiger partial charge in [0.1, 0.15) is 0 Å². The number of hydrogen-bond acceptors (Lipinski definition) is 2. The summed E-state index contributed by atoms with van der Waals surface area (Å²) in [5, 5.41) is 0. The van der Waals surface area contributed by atoms with Crippen LogP contribution >= 0.6 is 0 Å². The van der Waals surface area contributed by atoms with Gasteiger partial charge in [-0.3, -0.25) is 9.98 Å². The second kappa shape index (κ2) is 13.1. The molecule has 0 radical (unpaired) electrons. The van der Waals surface area contributed by atoms with Crippen LogP contribution in [0.4, 0.5) is 0 Å². The molecule has 0 aromatic heterocycles. The fraction of sp³-hybridized carbons (Fsp3) is 0.214. The van der Waals surface area contributed by atoms with Crippen molar-refractivity contribution in [2.45, 2.75) is 20.3 Å². The van der Waals surface area contributed by atoms with Crippen molar-refractivity contribution in [3.8, 4) is 0 Å². The summed E-state index contributed by atoms with van der Waals surface area (Å²) in [4.78, 5) is 7.69. The van der Waals surface area contributed by atoms with Crippen molar-refractivity contribution in [2.24, 2.45) is 9.98 Å². The number of nitrogens with zero attached hydrogens (tertiary/aromatic N) is 2. The Morgan fingerprint density at radius 2 is 1.88 bits per heavy atom. The molecule has 16 heavy (non-hydrogen) atoms. The van der Waals surface area contributed by atoms with Gasteiger partial charge >= 0.3 is 0 Å². The Labute approximate surface area is 97.8 Å². The van der Waals surface area contributed by atoms with Gasteiger partial charge < -0.3 is 0 Å². The predicted molar refractivity (Wildman–Crippen MR) is 73.0 cm³/mol. The van der Waals surface area contributed by atoms with Crippen LogP contribution in [-0.4, -0.2) is 12.4 Å². The van der Waals surface area contributed by atoms with Gasteiger partial charge in [0.25, 0.3) is 0 Å². The van der Waals surface area contributed by atoms with Crippen LogP contribution in [0.25, 0.3) is 0 Å². The van der Waals surface area contributed by atoms with E-state index in [9.17, 15) is 0 Å². The molecule has 84 valence electrons. The molecule has 0 bridgehead atoms. The number of rotatable bonds is 0. The third kappa shape index (κ3) is 10.2. The SMILES string of the molecule is C1=CC=CC=NC=1.C1=CCC=NC=C1.CC. The molecule has 2 rings (SSSR count). The van der Waals surface area contributed by atoms with Crippen molar-refractivity contribution < 1.29 is 0 Å². The Bertz CT molecular complexity index is 319. The van der Waals surface area contributed by atoms with Crippen LogP contribution in [0.15, 0.2) is 64.6 Å². The van der Waals surface area contributed by atoms with Gasteiger partial charge in [0, 0.05) is 25.0 Å². The van der Waals surface area contributed by atoms with Gasteiger partial charge in [-0.2, -0.15) is 0 Å². The average Bonchev–Trinajstić information content (AvgIpc) is 2.82. The summed E-state index contributed by atoms with van der Waals surface area (Å²) in [6.45, 7) is 4.00. The smallest absolute Gasteiger partial charge is 0.0686 e. The lowest BCUT2D eigenvalue weighted by Crippen LogP contribution is -1.61. The zero-order valence-electron chi connectivity index (χ0n) is 9.88. The molecule has 2 aliphatic heterocycles. The van der Waals surface area contributed by atoms with E-state index in [4.69, 9.17) is 0 Å². The second-order valence-electron chi connectivity index (χ2n) is 2.48. The topological polar surface area (TPSA) is 24.7 Å². The molecule has 0 amide bonds. The maximum absolute atomic E-state index is 3.90. The van der Waals surface area contributed by atoms with Gasteiger partial charge in [-0.1, -0.05) is 32.1 Å². The average molecular weight is 214 g/mol. The van der Waals surface area contributed by atoms with Crippen molar-refractivity contribution in [2.75, 3.05) is 0 Å². The molecule has 0 saturated carbocycles. The van der Waals surface area contributed by atoms with Crippen molar-refractivity contribution in [1.29, 1.82) is 0 Å². The van der Waals surface area contributed by atoms with Gasteiger partial charge in [0.05, 0.1) is 6.20 Å².